The molecular weight excluding hydrogens is 428 g/mol. The van der Waals surface area contributed by atoms with Crippen LogP contribution in [0.2, 0.25) is 5.02 Å². The van der Waals surface area contributed by atoms with Crippen molar-refractivity contribution in [3.05, 3.63) is 99.6 Å². The smallest absolute Gasteiger partial charge is 0.335 e. The monoisotopic (exact) mass is 446 g/mol. The molecule has 0 saturated carbocycles. The number of nitrogens with one attached hydrogen (secondary N) is 1. The third-order valence-corrected chi connectivity index (χ3v) is 5.06. The second-order valence-corrected chi connectivity index (χ2v) is 7.31. The minimum Gasteiger partial charge on any atom is -0.489 e. The zero-order valence-electron chi connectivity index (χ0n) is 17.1. The Balaban J connectivity index is 1.67. The number of aromatic carboxylic acids is 1. The summed E-state index contributed by atoms with van der Waals surface area (Å²) in [5, 5.41) is 21.7. The van der Waals surface area contributed by atoms with Gasteiger partial charge in [-0.3, -0.25) is 4.79 Å². The second-order valence-electron chi connectivity index (χ2n) is 6.90. The highest BCUT2D eigenvalue weighted by molar-refractivity contribution is 6.31. The van der Waals surface area contributed by atoms with Crippen molar-refractivity contribution in [1.29, 1.82) is 5.26 Å². The molecule has 0 aliphatic carbocycles. The summed E-state index contributed by atoms with van der Waals surface area (Å²) in [5.41, 5.74) is 2.79. The van der Waals surface area contributed by atoms with E-state index in [1.807, 2.05) is 6.07 Å². The maximum absolute atomic E-state index is 12.5. The maximum atomic E-state index is 12.5. The molecule has 6 nitrogen and oxygen atoms in total. The molecule has 160 valence electrons. The van der Waals surface area contributed by atoms with E-state index >= 15 is 0 Å². The van der Waals surface area contributed by atoms with Crippen molar-refractivity contribution in [1.82, 2.24) is 0 Å². The van der Waals surface area contributed by atoms with Crippen molar-refractivity contribution in [3.63, 3.8) is 0 Å². The summed E-state index contributed by atoms with van der Waals surface area (Å²) < 4.78 is 5.69. The molecule has 0 atom stereocenters. The van der Waals surface area contributed by atoms with Crippen LogP contribution in [0.15, 0.2) is 72.3 Å². The fraction of sp³-hybridized carbons (Fsp3) is 0.0800. The quantitative estimate of drug-likeness (QED) is 0.370. The van der Waals surface area contributed by atoms with Crippen LogP contribution >= 0.6 is 11.6 Å². The minimum absolute atomic E-state index is 0.0523. The lowest BCUT2D eigenvalue weighted by Crippen LogP contribution is -2.14. The van der Waals surface area contributed by atoms with Crippen LogP contribution in [0.4, 0.5) is 5.69 Å². The maximum Gasteiger partial charge on any atom is 0.335 e. The molecule has 7 heteroatoms. The molecule has 0 aromatic heterocycles. The molecule has 0 bridgehead atoms. The van der Waals surface area contributed by atoms with Gasteiger partial charge >= 0.3 is 5.97 Å². The Morgan fingerprint density at radius 3 is 2.53 bits per heavy atom. The molecule has 3 aromatic carbocycles. The Kier molecular flexibility index (Phi) is 7.27. The number of halogens is 1. The van der Waals surface area contributed by atoms with E-state index < -0.39 is 11.9 Å². The number of hydrogen-bond donors (Lipinski definition) is 2. The normalized spacial score (nSPS) is 10.8. The van der Waals surface area contributed by atoms with Crippen molar-refractivity contribution < 1.29 is 19.4 Å². The molecular formula is C25H19ClN2O4. The number of nitriles is 1. The molecule has 32 heavy (non-hydrogen) atoms. The van der Waals surface area contributed by atoms with Gasteiger partial charge in [0, 0.05) is 10.7 Å². The highest BCUT2D eigenvalue weighted by Crippen LogP contribution is 2.24. The van der Waals surface area contributed by atoms with E-state index in [2.05, 4.69) is 5.32 Å². The van der Waals surface area contributed by atoms with Gasteiger partial charge in [0.2, 0.25) is 0 Å². The molecule has 0 spiro atoms. The number of amides is 1. The molecule has 1 amide bonds. The molecule has 0 aliphatic rings. The number of carboxylic acids is 1. The summed E-state index contributed by atoms with van der Waals surface area (Å²) >= 11 is 6.07. The average Bonchev–Trinajstić information content (AvgIpc) is 2.80. The number of benzene rings is 3. The van der Waals surface area contributed by atoms with Crippen LogP contribution in [0.25, 0.3) is 6.08 Å². The molecule has 0 radical (unpaired) electrons. The van der Waals surface area contributed by atoms with E-state index in [0.29, 0.717) is 22.0 Å². The first-order valence-corrected chi connectivity index (χ1v) is 9.98. The van der Waals surface area contributed by atoms with Gasteiger partial charge in [0.1, 0.15) is 24.0 Å². The number of ether oxygens (including phenoxy) is 1. The van der Waals surface area contributed by atoms with E-state index in [9.17, 15) is 14.9 Å². The Labute approximate surface area is 190 Å². The van der Waals surface area contributed by atoms with Crippen LogP contribution in [-0.4, -0.2) is 17.0 Å². The third kappa shape index (κ3) is 5.75. The zero-order chi connectivity index (χ0) is 23.1. The Hall–Kier alpha value is -4.08. The fourth-order valence-corrected chi connectivity index (χ4v) is 3.04. The molecule has 3 rings (SSSR count). The molecule has 0 heterocycles. The summed E-state index contributed by atoms with van der Waals surface area (Å²) in [4.78, 5) is 23.6. The Morgan fingerprint density at radius 2 is 1.84 bits per heavy atom. The van der Waals surface area contributed by atoms with Crippen molar-refractivity contribution in [2.75, 3.05) is 5.32 Å². The number of rotatable bonds is 7. The fourth-order valence-electron chi connectivity index (χ4n) is 2.87. The molecule has 0 saturated heterocycles. The van der Waals surface area contributed by atoms with Gasteiger partial charge in [-0.05, 0) is 66.1 Å². The van der Waals surface area contributed by atoms with E-state index in [1.165, 1.54) is 12.1 Å². The van der Waals surface area contributed by atoms with Gasteiger partial charge in [0.05, 0.1) is 5.56 Å². The Morgan fingerprint density at radius 1 is 1.12 bits per heavy atom. The zero-order valence-corrected chi connectivity index (χ0v) is 17.9. The lowest BCUT2D eigenvalue weighted by Gasteiger charge is -2.09. The summed E-state index contributed by atoms with van der Waals surface area (Å²) in [6.45, 7) is 1.99. The van der Waals surface area contributed by atoms with Gasteiger partial charge in [-0.2, -0.15) is 5.26 Å². The largest absolute Gasteiger partial charge is 0.489 e. The first-order chi connectivity index (χ1) is 15.4. The van der Waals surface area contributed by atoms with Crippen molar-refractivity contribution >= 4 is 35.2 Å². The molecule has 2 N–H and O–H groups in total. The van der Waals surface area contributed by atoms with Crippen LogP contribution < -0.4 is 10.1 Å². The average molecular weight is 447 g/mol. The van der Waals surface area contributed by atoms with Crippen LogP contribution in [0.1, 0.15) is 27.0 Å². The highest BCUT2D eigenvalue weighted by atomic mass is 35.5. The van der Waals surface area contributed by atoms with Crippen LogP contribution in [0, 0.1) is 18.3 Å². The predicted molar refractivity (Wildman–Crippen MR) is 123 cm³/mol. The number of nitrogens with zero attached hydrogens (tertiary/aromatic N) is 1. The number of carbonyl (C=O) groups excluding carboxylic acids is 1. The van der Waals surface area contributed by atoms with Crippen LogP contribution in [0.3, 0.4) is 0 Å². The van der Waals surface area contributed by atoms with Crippen molar-refractivity contribution in [3.8, 4) is 11.8 Å². The molecule has 3 aromatic rings. The first-order valence-electron chi connectivity index (χ1n) is 9.60. The van der Waals surface area contributed by atoms with Crippen LogP contribution in [0.5, 0.6) is 5.75 Å². The van der Waals surface area contributed by atoms with Crippen LogP contribution in [-0.2, 0) is 11.4 Å². The topological polar surface area (TPSA) is 99.4 Å². The number of hydrogen-bond acceptors (Lipinski definition) is 4. The number of anilines is 1. The lowest BCUT2D eigenvalue weighted by atomic mass is 10.1. The van der Waals surface area contributed by atoms with Gasteiger partial charge in [0.15, 0.2) is 0 Å². The molecule has 0 fully saturated rings. The van der Waals surface area contributed by atoms with Gasteiger partial charge < -0.3 is 15.2 Å². The molecule has 0 aliphatic heterocycles. The van der Waals surface area contributed by atoms with Gasteiger partial charge in [-0.25, -0.2) is 4.79 Å². The number of carboxylic acid groups (broad SMARTS) is 1. The Bertz CT molecular complexity index is 1230. The van der Waals surface area contributed by atoms with E-state index in [1.54, 1.807) is 67.6 Å². The van der Waals surface area contributed by atoms with Gasteiger partial charge in [-0.15, -0.1) is 0 Å². The predicted octanol–water partition coefficient (Wildman–Crippen LogP) is 5.47. The summed E-state index contributed by atoms with van der Waals surface area (Å²) in [7, 11) is 0. The van der Waals surface area contributed by atoms with Gasteiger partial charge in [-0.1, -0.05) is 41.9 Å². The van der Waals surface area contributed by atoms with Crippen molar-refractivity contribution in [2.45, 2.75) is 13.5 Å². The van der Waals surface area contributed by atoms with E-state index in [4.69, 9.17) is 21.4 Å². The van der Waals surface area contributed by atoms with E-state index in [0.717, 1.165) is 11.1 Å². The number of carbonyl (C=O) groups is 2. The second kappa shape index (κ2) is 10.3. The lowest BCUT2D eigenvalue weighted by molar-refractivity contribution is -0.112. The standard InChI is InChI=1S/C25H19ClN2O4/c1-16-22(26)6-3-7-23(16)28-24(29)20(14-27)12-17-8-10-21(11-9-17)32-15-18-4-2-5-19(13-18)25(30)31/h2-13H,15H2,1H3,(H,28,29)(H,30,31)/b20-12-. The highest BCUT2D eigenvalue weighted by Gasteiger charge is 2.12. The summed E-state index contributed by atoms with van der Waals surface area (Å²) in [5.74, 6) is -0.956. The first kappa shape index (κ1) is 22.6. The SMILES string of the molecule is Cc1c(Cl)cccc1NC(=O)/C(C#N)=C\c1ccc(OCc2cccc(C(=O)O)c2)cc1. The van der Waals surface area contributed by atoms with E-state index in [-0.39, 0.29) is 17.7 Å². The summed E-state index contributed by atoms with van der Waals surface area (Å²) in [6.07, 6.45) is 1.48. The molecule has 0 unspecified atom stereocenters. The van der Waals surface area contributed by atoms with Gasteiger partial charge in [0.25, 0.3) is 5.91 Å². The minimum atomic E-state index is -0.995. The van der Waals surface area contributed by atoms with Crippen molar-refractivity contribution in [2.24, 2.45) is 0 Å². The summed E-state index contributed by atoms with van der Waals surface area (Å²) in [6, 6.07) is 20.4. The third-order valence-electron chi connectivity index (χ3n) is 4.65.